The second-order valence-corrected chi connectivity index (χ2v) is 5.71. The highest BCUT2D eigenvalue weighted by Crippen LogP contribution is 2.14. The summed E-state index contributed by atoms with van der Waals surface area (Å²) in [6, 6.07) is 15.4. The second kappa shape index (κ2) is 8.56. The van der Waals surface area contributed by atoms with Gasteiger partial charge in [-0.25, -0.2) is 9.78 Å². The molecule has 0 saturated heterocycles. The van der Waals surface area contributed by atoms with Gasteiger partial charge in [-0.3, -0.25) is 9.78 Å². The van der Waals surface area contributed by atoms with Crippen LogP contribution in [0.2, 0.25) is 0 Å². The van der Waals surface area contributed by atoms with Crippen LogP contribution >= 0.6 is 0 Å². The second-order valence-electron chi connectivity index (χ2n) is 5.71. The molecule has 0 radical (unpaired) electrons. The largest absolute Gasteiger partial charge is 0.462 e. The number of carbonyl (C=O) groups is 2. The van der Waals surface area contributed by atoms with Gasteiger partial charge in [-0.05, 0) is 49.4 Å². The Morgan fingerprint density at radius 2 is 1.86 bits per heavy atom. The minimum Gasteiger partial charge on any atom is -0.462 e. The summed E-state index contributed by atoms with van der Waals surface area (Å²) in [7, 11) is 0. The molecule has 0 bridgehead atoms. The average Bonchev–Trinajstić information content (AvgIpc) is 2.72. The van der Waals surface area contributed by atoms with Gasteiger partial charge in [0.15, 0.2) is 0 Å². The van der Waals surface area contributed by atoms with Crippen LogP contribution in [0.15, 0.2) is 60.3 Å². The van der Waals surface area contributed by atoms with Gasteiger partial charge < -0.3 is 10.1 Å². The van der Waals surface area contributed by atoms with Crippen molar-refractivity contribution < 1.29 is 14.3 Å². The predicted octanol–water partition coefficient (Wildman–Crippen LogP) is 3.35. The highest BCUT2D eigenvalue weighted by atomic mass is 16.5. The van der Waals surface area contributed by atoms with Crippen molar-refractivity contribution in [1.29, 1.82) is 5.26 Å². The number of para-hydroxylation sites is 2. The Kier molecular flexibility index (Phi) is 5.72. The number of esters is 1. The van der Waals surface area contributed by atoms with Crippen LogP contribution in [0.5, 0.6) is 0 Å². The number of nitrogens with zero attached hydrogens (tertiary/aromatic N) is 3. The molecule has 0 aliphatic rings. The summed E-state index contributed by atoms with van der Waals surface area (Å²) < 4.78 is 4.91. The minimum atomic E-state index is -0.582. The van der Waals surface area contributed by atoms with Crippen LogP contribution in [0.4, 0.5) is 5.69 Å². The number of nitrogens with one attached hydrogen (secondary N) is 1. The van der Waals surface area contributed by atoms with E-state index in [0.717, 1.165) is 5.52 Å². The average molecular weight is 372 g/mol. The summed E-state index contributed by atoms with van der Waals surface area (Å²) in [6.45, 7) is 2.01. The Labute approximate surface area is 161 Å². The van der Waals surface area contributed by atoms with Crippen molar-refractivity contribution in [3.05, 3.63) is 71.6 Å². The lowest BCUT2D eigenvalue weighted by molar-refractivity contribution is -0.112. The van der Waals surface area contributed by atoms with Gasteiger partial charge in [0.1, 0.15) is 11.6 Å². The number of amides is 1. The van der Waals surface area contributed by atoms with Gasteiger partial charge in [0.25, 0.3) is 5.91 Å². The van der Waals surface area contributed by atoms with Crippen LogP contribution < -0.4 is 5.32 Å². The van der Waals surface area contributed by atoms with Gasteiger partial charge in [-0.1, -0.05) is 12.1 Å². The number of ether oxygens (including phenoxy) is 1. The van der Waals surface area contributed by atoms with E-state index in [-0.39, 0.29) is 12.2 Å². The van der Waals surface area contributed by atoms with Crippen LogP contribution in [-0.4, -0.2) is 28.5 Å². The number of benzene rings is 2. The van der Waals surface area contributed by atoms with E-state index in [1.165, 1.54) is 24.4 Å². The van der Waals surface area contributed by atoms with Crippen molar-refractivity contribution in [3.8, 4) is 6.07 Å². The zero-order valence-electron chi connectivity index (χ0n) is 15.0. The number of hydrogen-bond acceptors (Lipinski definition) is 6. The molecule has 7 heteroatoms. The molecule has 1 N–H and O–H groups in total. The molecule has 1 aromatic heterocycles. The van der Waals surface area contributed by atoms with Crippen molar-refractivity contribution in [1.82, 2.24) is 9.97 Å². The van der Waals surface area contributed by atoms with Crippen LogP contribution in [0.25, 0.3) is 17.1 Å². The Morgan fingerprint density at radius 3 is 2.54 bits per heavy atom. The maximum Gasteiger partial charge on any atom is 0.338 e. The molecule has 3 rings (SSSR count). The highest BCUT2D eigenvalue weighted by Gasteiger charge is 2.12. The van der Waals surface area contributed by atoms with Crippen molar-refractivity contribution >= 4 is 34.7 Å². The van der Waals surface area contributed by atoms with Crippen LogP contribution in [-0.2, 0) is 9.53 Å². The normalized spacial score (nSPS) is 10.9. The first-order valence-electron chi connectivity index (χ1n) is 8.53. The lowest BCUT2D eigenvalue weighted by Crippen LogP contribution is -2.14. The summed E-state index contributed by atoms with van der Waals surface area (Å²) >= 11 is 0. The number of carbonyl (C=O) groups excluding carboxylic acids is 2. The molecule has 0 atom stereocenters. The fourth-order valence-corrected chi connectivity index (χ4v) is 2.44. The quantitative estimate of drug-likeness (QED) is 0.418. The summed E-state index contributed by atoms with van der Waals surface area (Å²) in [6.07, 6.45) is 2.88. The first-order chi connectivity index (χ1) is 13.6. The Morgan fingerprint density at radius 1 is 1.14 bits per heavy atom. The Bertz CT molecular complexity index is 1100. The van der Waals surface area contributed by atoms with E-state index < -0.39 is 11.9 Å². The maximum atomic E-state index is 12.4. The molecule has 0 aliphatic carbocycles. The van der Waals surface area contributed by atoms with Gasteiger partial charge in [0, 0.05) is 5.69 Å². The minimum absolute atomic E-state index is 0.112. The lowest BCUT2D eigenvalue weighted by atomic mass is 10.2. The van der Waals surface area contributed by atoms with E-state index in [2.05, 4.69) is 15.3 Å². The molecule has 0 unspecified atom stereocenters. The van der Waals surface area contributed by atoms with E-state index in [1.54, 1.807) is 25.1 Å². The molecule has 7 nitrogen and oxygen atoms in total. The van der Waals surface area contributed by atoms with Gasteiger partial charge in [0.2, 0.25) is 0 Å². The van der Waals surface area contributed by atoms with Crippen molar-refractivity contribution in [2.24, 2.45) is 0 Å². The molecule has 1 heterocycles. The van der Waals surface area contributed by atoms with Crippen LogP contribution in [0, 0.1) is 11.3 Å². The third-order valence-corrected chi connectivity index (χ3v) is 3.78. The molecule has 0 fully saturated rings. The number of rotatable bonds is 5. The Balaban J connectivity index is 1.76. The topological polar surface area (TPSA) is 105 Å². The predicted molar refractivity (Wildman–Crippen MR) is 104 cm³/mol. The molecule has 138 valence electrons. The number of anilines is 1. The van der Waals surface area contributed by atoms with Crippen molar-refractivity contribution in [2.75, 3.05) is 11.9 Å². The fourth-order valence-electron chi connectivity index (χ4n) is 2.44. The monoisotopic (exact) mass is 372 g/mol. The van der Waals surface area contributed by atoms with E-state index >= 15 is 0 Å². The van der Waals surface area contributed by atoms with Gasteiger partial charge in [-0.15, -0.1) is 0 Å². The maximum absolute atomic E-state index is 12.4. The van der Waals surface area contributed by atoms with Gasteiger partial charge >= 0.3 is 5.97 Å². The third kappa shape index (κ3) is 4.37. The molecule has 1 amide bonds. The van der Waals surface area contributed by atoms with E-state index in [9.17, 15) is 14.9 Å². The van der Waals surface area contributed by atoms with Crippen LogP contribution in [0.1, 0.15) is 23.0 Å². The van der Waals surface area contributed by atoms with Crippen LogP contribution in [0.3, 0.4) is 0 Å². The zero-order chi connectivity index (χ0) is 19.9. The summed E-state index contributed by atoms with van der Waals surface area (Å²) in [5.41, 5.74) is 2.51. The lowest BCUT2D eigenvalue weighted by Gasteiger charge is -2.06. The first-order valence-corrected chi connectivity index (χ1v) is 8.53. The molecule has 0 spiro atoms. The summed E-state index contributed by atoms with van der Waals surface area (Å²) in [4.78, 5) is 32.7. The summed E-state index contributed by atoms with van der Waals surface area (Å²) in [5.74, 6) is -1.02. The smallest absolute Gasteiger partial charge is 0.338 e. The number of nitriles is 1. The Hall–Kier alpha value is -4.05. The van der Waals surface area contributed by atoms with Crippen molar-refractivity contribution in [3.63, 3.8) is 0 Å². The molecule has 28 heavy (non-hydrogen) atoms. The SMILES string of the molecule is CCOC(=O)c1ccc(NC(=O)/C(C#N)=C/c2cnc3ccccc3n2)cc1. The summed E-state index contributed by atoms with van der Waals surface area (Å²) in [5, 5.41) is 12.0. The number of fused-ring (bicyclic) bond motifs is 1. The van der Waals surface area contributed by atoms with Crippen molar-refractivity contribution in [2.45, 2.75) is 6.92 Å². The third-order valence-electron chi connectivity index (χ3n) is 3.78. The molecule has 0 aliphatic heterocycles. The van der Waals surface area contributed by atoms with Gasteiger partial charge in [0.05, 0.1) is 35.1 Å². The molecular formula is C21H16N4O3. The fraction of sp³-hybridized carbons (Fsp3) is 0.0952. The standard InChI is InChI=1S/C21H16N4O3/c1-2-28-21(27)14-7-9-16(10-8-14)25-20(26)15(12-22)11-17-13-23-18-5-3-4-6-19(18)24-17/h3-11,13H,2H2,1H3,(H,25,26)/b15-11+. The van der Waals surface area contributed by atoms with Gasteiger partial charge in [-0.2, -0.15) is 5.26 Å². The van der Waals surface area contributed by atoms with E-state index in [1.807, 2.05) is 24.3 Å². The zero-order valence-corrected chi connectivity index (χ0v) is 15.0. The van der Waals surface area contributed by atoms with E-state index in [0.29, 0.717) is 22.5 Å². The molecule has 0 saturated carbocycles. The molecule has 2 aromatic carbocycles. The molecule has 3 aromatic rings. The number of aromatic nitrogens is 2. The number of hydrogen-bond donors (Lipinski definition) is 1. The highest BCUT2D eigenvalue weighted by molar-refractivity contribution is 6.09. The van der Waals surface area contributed by atoms with E-state index in [4.69, 9.17) is 4.74 Å². The molecular weight excluding hydrogens is 356 g/mol. The first kappa shape index (κ1) is 18.7.